The second-order valence-electron chi connectivity index (χ2n) is 9.08. The van der Waals surface area contributed by atoms with Gasteiger partial charge in [0.1, 0.15) is 0 Å². The van der Waals surface area contributed by atoms with E-state index >= 15 is 0 Å². The Balaban J connectivity index is 2.13. The summed E-state index contributed by atoms with van der Waals surface area (Å²) in [5.74, 6) is 2.92. The Morgan fingerprint density at radius 1 is 1.09 bits per heavy atom. The summed E-state index contributed by atoms with van der Waals surface area (Å²) in [6.07, 6.45) is 9.94. The van der Waals surface area contributed by atoms with Gasteiger partial charge in [0.15, 0.2) is 0 Å². The van der Waals surface area contributed by atoms with E-state index < -0.39 is 0 Å². The minimum atomic E-state index is 0.141. The van der Waals surface area contributed by atoms with E-state index in [-0.39, 0.29) is 5.41 Å². The zero-order valence-electron chi connectivity index (χ0n) is 15.3. The summed E-state index contributed by atoms with van der Waals surface area (Å²) in [4.78, 5) is 0. The molecule has 0 aromatic carbocycles. The number of hydrogen-bond donors (Lipinski definition) is 2. The number of aliphatic hydroxyl groups is 2. The summed E-state index contributed by atoms with van der Waals surface area (Å²) >= 11 is 0. The van der Waals surface area contributed by atoms with Crippen LogP contribution in [0, 0.1) is 34.5 Å². The van der Waals surface area contributed by atoms with Crippen molar-refractivity contribution in [3.8, 4) is 0 Å². The van der Waals surface area contributed by atoms with Crippen molar-refractivity contribution in [3.63, 3.8) is 0 Å². The van der Waals surface area contributed by atoms with Crippen molar-refractivity contribution in [1.29, 1.82) is 0 Å². The molecule has 2 fully saturated rings. The summed E-state index contributed by atoms with van der Waals surface area (Å²) < 4.78 is 0. The first-order valence-electron chi connectivity index (χ1n) is 9.59. The standard InChI is InChI=1S/C20H38O2/c1-15(10-13-21)6-8-17-16(2)7-9-18-19(3,14-22)11-5-12-20(17,18)4/h15-18,21-22H,5-14H2,1-4H3/t15?,16?,17?,18-,19+,20+/m0/s1. The third-order valence-corrected chi connectivity index (χ3v) is 7.50. The number of rotatable bonds is 6. The first kappa shape index (κ1) is 18.3. The molecule has 0 bridgehead atoms. The molecule has 0 amide bonds. The number of fused-ring (bicyclic) bond motifs is 1. The van der Waals surface area contributed by atoms with Crippen LogP contribution in [0.4, 0.5) is 0 Å². The van der Waals surface area contributed by atoms with Gasteiger partial charge >= 0.3 is 0 Å². The lowest BCUT2D eigenvalue weighted by molar-refractivity contribution is -0.120. The summed E-state index contributed by atoms with van der Waals surface area (Å²) in [7, 11) is 0. The van der Waals surface area contributed by atoms with Gasteiger partial charge in [0.2, 0.25) is 0 Å². The minimum Gasteiger partial charge on any atom is -0.396 e. The Labute approximate surface area is 137 Å². The zero-order valence-corrected chi connectivity index (χ0v) is 15.3. The Kier molecular flexibility index (Phi) is 5.99. The monoisotopic (exact) mass is 310 g/mol. The van der Waals surface area contributed by atoms with E-state index in [4.69, 9.17) is 5.11 Å². The van der Waals surface area contributed by atoms with Crippen LogP contribution in [-0.2, 0) is 0 Å². The van der Waals surface area contributed by atoms with Gasteiger partial charge in [-0.05, 0) is 66.6 Å². The largest absolute Gasteiger partial charge is 0.396 e. The summed E-state index contributed by atoms with van der Waals surface area (Å²) in [6, 6.07) is 0. The third-order valence-electron chi connectivity index (χ3n) is 7.50. The van der Waals surface area contributed by atoms with E-state index in [1.807, 2.05) is 0 Å². The summed E-state index contributed by atoms with van der Waals surface area (Å²) in [5, 5.41) is 19.2. The van der Waals surface area contributed by atoms with E-state index in [0.717, 1.165) is 18.3 Å². The van der Waals surface area contributed by atoms with Crippen molar-refractivity contribution in [2.45, 2.75) is 79.1 Å². The topological polar surface area (TPSA) is 40.5 Å². The number of hydrogen-bond acceptors (Lipinski definition) is 2. The fraction of sp³-hybridized carbons (Fsp3) is 1.00. The maximum absolute atomic E-state index is 10.0. The normalized spacial score (nSPS) is 43.6. The van der Waals surface area contributed by atoms with E-state index in [1.54, 1.807) is 0 Å². The molecule has 6 atom stereocenters. The molecule has 3 unspecified atom stereocenters. The smallest absolute Gasteiger partial charge is 0.0487 e. The second kappa shape index (κ2) is 7.21. The SMILES string of the molecule is CC(CCO)CCC1C(C)CC[C@H]2[C@@](C)(CO)CCC[C@]12C. The highest BCUT2D eigenvalue weighted by Gasteiger charge is 2.54. The van der Waals surface area contributed by atoms with Gasteiger partial charge in [-0.3, -0.25) is 0 Å². The van der Waals surface area contributed by atoms with Gasteiger partial charge < -0.3 is 10.2 Å². The Hall–Kier alpha value is -0.0800. The van der Waals surface area contributed by atoms with Crippen molar-refractivity contribution in [2.75, 3.05) is 13.2 Å². The van der Waals surface area contributed by atoms with Gasteiger partial charge in [-0.25, -0.2) is 0 Å². The van der Waals surface area contributed by atoms with E-state index in [0.29, 0.717) is 30.5 Å². The lowest BCUT2D eigenvalue weighted by atomic mass is 9.45. The molecule has 2 aliphatic carbocycles. The van der Waals surface area contributed by atoms with Crippen molar-refractivity contribution in [2.24, 2.45) is 34.5 Å². The van der Waals surface area contributed by atoms with Crippen LogP contribution in [0.15, 0.2) is 0 Å². The highest BCUT2D eigenvalue weighted by molar-refractivity contribution is 5.03. The highest BCUT2D eigenvalue weighted by atomic mass is 16.3. The van der Waals surface area contributed by atoms with Crippen LogP contribution >= 0.6 is 0 Å². The van der Waals surface area contributed by atoms with Crippen LogP contribution in [0.3, 0.4) is 0 Å². The Morgan fingerprint density at radius 2 is 1.82 bits per heavy atom. The van der Waals surface area contributed by atoms with Crippen LogP contribution < -0.4 is 0 Å². The molecule has 130 valence electrons. The molecule has 2 N–H and O–H groups in total. The maximum Gasteiger partial charge on any atom is 0.0487 e. The fourth-order valence-electron chi connectivity index (χ4n) is 6.05. The predicted molar refractivity (Wildman–Crippen MR) is 92.6 cm³/mol. The van der Waals surface area contributed by atoms with Gasteiger partial charge in [-0.15, -0.1) is 0 Å². The average Bonchev–Trinajstić information content (AvgIpc) is 2.46. The molecule has 0 aromatic rings. The fourth-order valence-corrected chi connectivity index (χ4v) is 6.05. The molecule has 0 radical (unpaired) electrons. The molecule has 0 saturated heterocycles. The molecular weight excluding hydrogens is 272 g/mol. The minimum absolute atomic E-state index is 0.141. The average molecular weight is 311 g/mol. The first-order valence-corrected chi connectivity index (χ1v) is 9.59. The third kappa shape index (κ3) is 3.38. The van der Waals surface area contributed by atoms with Crippen LogP contribution in [0.2, 0.25) is 0 Å². The molecule has 22 heavy (non-hydrogen) atoms. The van der Waals surface area contributed by atoms with Crippen molar-refractivity contribution >= 4 is 0 Å². The molecule has 2 heteroatoms. The van der Waals surface area contributed by atoms with Gasteiger partial charge in [0.25, 0.3) is 0 Å². The first-order chi connectivity index (χ1) is 10.4. The van der Waals surface area contributed by atoms with Crippen molar-refractivity contribution < 1.29 is 10.2 Å². The van der Waals surface area contributed by atoms with Crippen molar-refractivity contribution in [3.05, 3.63) is 0 Å². The molecule has 0 heterocycles. The second-order valence-corrected chi connectivity index (χ2v) is 9.08. The van der Waals surface area contributed by atoms with Crippen LogP contribution in [-0.4, -0.2) is 23.4 Å². The molecule has 0 aliphatic heterocycles. The molecule has 0 spiro atoms. The zero-order chi connectivity index (χ0) is 16.4. The van der Waals surface area contributed by atoms with Gasteiger partial charge in [-0.1, -0.05) is 47.0 Å². The van der Waals surface area contributed by atoms with E-state index in [2.05, 4.69) is 27.7 Å². The van der Waals surface area contributed by atoms with Gasteiger partial charge in [0.05, 0.1) is 0 Å². The van der Waals surface area contributed by atoms with Gasteiger partial charge in [-0.2, -0.15) is 0 Å². The summed E-state index contributed by atoms with van der Waals surface area (Å²) in [6.45, 7) is 10.3. The van der Waals surface area contributed by atoms with E-state index in [9.17, 15) is 5.11 Å². The van der Waals surface area contributed by atoms with Crippen LogP contribution in [0.25, 0.3) is 0 Å². The Bertz CT molecular complexity index is 356. The molecule has 0 aromatic heterocycles. The molecule has 2 aliphatic rings. The maximum atomic E-state index is 10.0. The Morgan fingerprint density at radius 3 is 2.45 bits per heavy atom. The van der Waals surface area contributed by atoms with Gasteiger partial charge in [0, 0.05) is 13.2 Å². The van der Waals surface area contributed by atoms with Crippen molar-refractivity contribution in [1.82, 2.24) is 0 Å². The molecular formula is C20H38O2. The quantitative estimate of drug-likeness (QED) is 0.750. The lowest BCUT2D eigenvalue weighted by Crippen LogP contribution is -2.53. The molecule has 2 saturated carbocycles. The highest BCUT2D eigenvalue weighted by Crippen LogP contribution is 2.62. The molecule has 2 rings (SSSR count). The predicted octanol–water partition coefficient (Wildman–Crippen LogP) is 4.64. The van der Waals surface area contributed by atoms with E-state index in [1.165, 1.54) is 44.9 Å². The van der Waals surface area contributed by atoms with Crippen LogP contribution in [0.1, 0.15) is 79.1 Å². The summed E-state index contributed by atoms with van der Waals surface area (Å²) in [5.41, 5.74) is 0.550. The van der Waals surface area contributed by atoms with Crippen LogP contribution in [0.5, 0.6) is 0 Å². The lowest BCUT2D eigenvalue weighted by Gasteiger charge is -2.59. The molecule has 2 nitrogen and oxygen atoms in total. The number of aliphatic hydroxyl groups excluding tert-OH is 2.